The van der Waals surface area contributed by atoms with Gasteiger partial charge in [0, 0.05) is 6.54 Å². The van der Waals surface area contributed by atoms with Crippen LogP contribution in [0.4, 0.5) is 4.39 Å². The Morgan fingerprint density at radius 2 is 1.76 bits per heavy atom. The minimum atomic E-state index is -0.394. The first kappa shape index (κ1) is 22.7. The van der Waals surface area contributed by atoms with E-state index in [4.69, 9.17) is 0 Å². The maximum Gasteiger partial charge on any atom is 0.279 e. The molecule has 4 rings (SSSR count). The maximum atomic E-state index is 14.4. The van der Waals surface area contributed by atoms with E-state index in [1.165, 1.54) is 29.2 Å². The molecule has 0 aliphatic heterocycles. The molecule has 4 aromatic rings. The summed E-state index contributed by atoms with van der Waals surface area (Å²) in [6.07, 6.45) is 0.691. The number of thioether (sulfide) groups is 1. The van der Waals surface area contributed by atoms with Gasteiger partial charge in [-0.15, -0.1) is 21.5 Å². The third-order valence-corrected chi connectivity index (χ3v) is 6.53. The van der Waals surface area contributed by atoms with Crippen LogP contribution in [0.25, 0.3) is 11.4 Å². The normalized spacial score (nSPS) is 10.7. The smallest absolute Gasteiger partial charge is 0.279 e. The number of hydrogen-bond acceptors (Lipinski definition) is 6. The molecular weight excluding hydrogens is 461 g/mol. The molecule has 0 bridgehead atoms. The lowest BCUT2D eigenvalue weighted by atomic mass is 10.1. The van der Waals surface area contributed by atoms with Gasteiger partial charge in [0.2, 0.25) is 5.91 Å². The first-order valence-corrected chi connectivity index (χ1v) is 12.0. The molecule has 168 valence electrons. The summed E-state index contributed by atoms with van der Waals surface area (Å²) in [5, 5.41) is 10.7. The molecule has 2 aromatic carbocycles. The van der Waals surface area contributed by atoms with Crippen molar-refractivity contribution in [3.05, 3.63) is 88.4 Å². The molecule has 7 nitrogen and oxygen atoms in total. The number of nitrogens with one attached hydrogen (secondary N) is 2. The third kappa shape index (κ3) is 5.85. The Morgan fingerprint density at radius 1 is 0.970 bits per heavy atom. The predicted molar refractivity (Wildman–Crippen MR) is 126 cm³/mol. The molecule has 0 radical (unpaired) electrons. The van der Waals surface area contributed by atoms with Gasteiger partial charge in [-0.1, -0.05) is 60.3 Å². The van der Waals surface area contributed by atoms with Gasteiger partial charge in [0.15, 0.2) is 11.0 Å². The Hall–Kier alpha value is -3.50. The number of halogens is 1. The molecule has 0 atom stereocenters. The second-order valence-electron chi connectivity index (χ2n) is 6.94. The molecule has 0 spiro atoms. The second-order valence-corrected chi connectivity index (χ2v) is 8.83. The first-order valence-electron chi connectivity index (χ1n) is 10.1. The number of hydrogen-bond donors (Lipinski definition) is 2. The van der Waals surface area contributed by atoms with Crippen LogP contribution in [-0.2, 0) is 17.8 Å². The van der Waals surface area contributed by atoms with Gasteiger partial charge in [0.25, 0.3) is 5.91 Å². The number of thiophene rings is 1. The van der Waals surface area contributed by atoms with E-state index in [0.29, 0.717) is 34.4 Å². The van der Waals surface area contributed by atoms with E-state index in [2.05, 4.69) is 21.0 Å². The minimum Gasteiger partial charge on any atom is -0.302 e. The number of carbonyl (C=O) groups is 2. The molecule has 0 aliphatic carbocycles. The number of benzene rings is 2. The van der Waals surface area contributed by atoms with Gasteiger partial charge in [-0.2, -0.15) is 0 Å². The van der Waals surface area contributed by atoms with Crippen molar-refractivity contribution in [2.24, 2.45) is 0 Å². The molecule has 2 heterocycles. The zero-order chi connectivity index (χ0) is 23.0. The molecule has 0 aliphatic rings. The van der Waals surface area contributed by atoms with E-state index in [0.717, 1.165) is 5.56 Å². The Balaban J connectivity index is 1.45. The molecule has 2 aromatic heterocycles. The summed E-state index contributed by atoms with van der Waals surface area (Å²) in [6.45, 7) is 0.514. The Labute approximate surface area is 198 Å². The van der Waals surface area contributed by atoms with E-state index in [9.17, 15) is 14.0 Å². The summed E-state index contributed by atoms with van der Waals surface area (Å²) in [5.74, 6) is -0.758. The number of aryl methyl sites for hydroxylation is 1. The lowest BCUT2D eigenvalue weighted by molar-refractivity contribution is -0.119. The fourth-order valence-corrected chi connectivity index (χ4v) is 4.47. The zero-order valence-corrected chi connectivity index (χ0v) is 19.0. The van der Waals surface area contributed by atoms with Gasteiger partial charge in [0.1, 0.15) is 5.82 Å². The molecule has 2 amide bonds. The molecule has 33 heavy (non-hydrogen) atoms. The molecule has 10 heteroatoms. The maximum absolute atomic E-state index is 14.4. The fourth-order valence-electron chi connectivity index (χ4n) is 3.09. The standard InChI is InChI=1S/C23H20FN5O2S2/c24-18-10-5-4-9-17(18)21-26-28-23(29(21)13-12-16-7-2-1-3-8-16)33-15-20(30)25-27-22(31)19-11-6-14-32-19/h1-11,14H,12-13,15H2,(H,25,30)(H,27,31). The number of aromatic nitrogens is 3. The number of nitrogens with zero attached hydrogens (tertiary/aromatic N) is 3. The van der Waals surface area contributed by atoms with Crippen LogP contribution in [0.1, 0.15) is 15.2 Å². The Bertz CT molecular complexity index is 1230. The summed E-state index contributed by atoms with van der Waals surface area (Å²) in [5.41, 5.74) is 6.25. The molecule has 0 saturated carbocycles. The summed E-state index contributed by atoms with van der Waals surface area (Å²) in [6, 6.07) is 19.7. The lowest BCUT2D eigenvalue weighted by Gasteiger charge is -2.11. The van der Waals surface area contributed by atoms with Crippen LogP contribution in [-0.4, -0.2) is 32.3 Å². The highest BCUT2D eigenvalue weighted by molar-refractivity contribution is 7.99. The van der Waals surface area contributed by atoms with Crippen molar-refractivity contribution < 1.29 is 14.0 Å². The number of hydrazine groups is 1. The van der Waals surface area contributed by atoms with Gasteiger partial charge in [0.05, 0.1) is 16.2 Å². The van der Waals surface area contributed by atoms with Crippen LogP contribution in [0.3, 0.4) is 0 Å². The molecule has 0 fully saturated rings. The quantitative estimate of drug-likeness (QED) is 0.294. The van der Waals surface area contributed by atoms with Gasteiger partial charge >= 0.3 is 0 Å². The highest BCUT2D eigenvalue weighted by Gasteiger charge is 2.18. The first-order chi connectivity index (χ1) is 16.1. The monoisotopic (exact) mass is 481 g/mol. The fraction of sp³-hybridized carbons (Fsp3) is 0.130. The van der Waals surface area contributed by atoms with Crippen molar-refractivity contribution in [1.82, 2.24) is 25.6 Å². The van der Waals surface area contributed by atoms with Crippen molar-refractivity contribution >= 4 is 34.9 Å². The van der Waals surface area contributed by atoms with Crippen LogP contribution in [0.2, 0.25) is 0 Å². The topological polar surface area (TPSA) is 88.9 Å². The van der Waals surface area contributed by atoms with E-state index >= 15 is 0 Å². The van der Waals surface area contributed by atoms with Gasteiger partial charge < -0.3 is 4.57 Å². The average molecular weight is 482 g/mol. The van der Waals surface area contributed by atoms with Gasteiger partial charge in [-0.05, 0) is 35.6 Å². The van der Waals surface area contributed by atoms with E-state index < -0.39 is 11.7 Å². The molecular formula is C23H20FN5O2S2. The summed E-state index contributed by atoms with van der Waals surface area (Å²) in [4.78, 5) is 24.7. The van der Waals surface area contributed by atoms with Crippen LogP contribution < -0.4 is 10.9 Å². The largest absolute Gasteiger partial charge is 0.302 e. The lowest BCUT2D eigenvalue weighted by Crippen LogP contribution is -2.42. The van der Waals surface area contributed by atoms with Crippen LogP contribution in [0.5, 0.6) is 0 Å². The van der Waals surface area contributed by atoms with Crippen molar-refractivity contribution in [1.29, 1.82) is 0 Å². The van der Waals surface area contributed by atoms with Gasteiger partial charge in [-0.3, -0.25) is 20.4 Å². The Morgan fingerprint density at radius 3 is 2.52 bits per heavy atom. The average Bonchev–Trinajstić information content (AvgIpc) is 3.51. The highest BCUT2D eigenvalue weighted by Crippen LogP contribution is 2.26. The van der Waals surface area contributed by atoms with Crippen molar-refractivity contribution in [3.8, 4) is 11.4 Å². The van der Waals surface area contributed by atoms with Crippen LogP contribution in [0.15, 0.2) is 77.3 Å². The Kier molecular flexibility index (Phi) is 7.48. The summed E-state index contributed by atoms with van der Waals surface area (Å²) < 4.78 is 16.3. The predicted octanol–water partition coefficient (Wildman–Crippen LogP) is 3.94. The van der Waals surface area contributed by atoms with Crippen molar-refractivity contribution in [3.63, 3.8) is 0 Å². The van der Waals surface area contributed by atoms with Gasteiger partial charge in [-0.25, -0.2) is 4.39 Å². The number of carbonyl (C=O) groups excluding carboxylic acids is 2. The molecule has 2 N–H and O–H groups in total. The molecule has 0 unspecified atom stereocenters. The van der Waals surface area contributed by atoms with E-state index in [1.807, 2.05) is 34.9 Å². The van der Waals surface area contributed by atoms with Crippen LogP contribution >= 0.6 is 23.1 Å². The minimum absolute atomic E-state index is 0.00542. The van der Waals surface area contributed by atoms with Crippen molar-refractivity contribution in [2.45, 2.75) is 18.1 Å². The number of rotatable bonds is 8. The SMILES string of the molecule is O=C(CSc1nnc(-c2ccccc2F)n1CCc1ccccc1)NNC(=O)c1cccs1. The zero-order valence-electron chi connectivity index (χ0n) is 17.4. The summed E-state index contributed by atoms with van der Waals surface area (Å²) >= 11 is 2.45. The summed E-state index contributed by atoms with van der Waals surface area (Å²) in [7, 11) is 0. The van der Waals surface area contributed by atoms with E-state index in [-0.39, 0.29) is 11.7 Å². The van der Waals surface area contributed by atoms with Crippen LogP contribution in [0, 0.1) is 5.82 Å². The third-order valence-electron chi connectivity index (χ3n) is 4.69. The molecule has 0 saturated heterocycles. The second kappa shape index (κ2) is 10.9. The highest BCUT2D eigenvalue weighted by atomic mass is 32.2. The van der Waals surface area contributed by atoms with Crippen molar-refractivity contribution in [2.75, 3.05) is 5.75 Å². The van der Waals surface area contributed by atoms with E-state index in [1.54, 1.807) is 35.7 Å². The number of amides is 2.